The van der Waals surface area contributed by atoms with Gasteiger partial charge in [-0.3, -0.25) is 19.2 Å². The van der Waals surface area contributed by atoms with E-state index in [1.807, 2.05) is 4.57 Å². The van der Waals surface area contributed by atoms with E-state index >= 15 is 0 Å². The standard InChI is InChI=1S/C20H16N4O4S/c25-14-9-24(8-7-23-6-5-21-11-23)19(28)20(22-14)10-29-18-15(20)16(26)12-3-1-2-4-13(12)17(18)27/h1-6,11H,7-10H2,(H,22,25). The zero-order valence-electron chi connectivity index (χ0n) is 15.3. The highest BCUT2D eigenvalue weighted by atomic mass is 32.2. The molecule has 1 aliphatic carbocycles. The Morgan fingerprint density at radius 1 is 1.07 bits per heavy atom. The maximum Gasteiger partial charge on any atom is 0.254 e. The predicted octanol–water partition coefficient (Wildman–Crippen LogP) is 0.660. The van der Waals surface area contributed by atoms with E-state index in [1.54, 1.807) is 43.0 Å². The van der Waals surface area contributed by atoms with Gasteiger partial charge >= 0.3 is 0 Å². The molecule has 1 unspecified atom stereocenters. The summed E-state index contributed by atoms with van der Waals surface area (Å²) in [6.45, 7) is 0.696. The van der Waals surface area contributed by atoms with Crippen molar-refractivity contribution in [3.05, 3.63) is 64.6 Å². The number of allylic oxidation sites excluding steroid dienone is 1. The van der Waals surface area contributed by atoms with Crippen molar-refractivity contribution >= 4 is 35.1 Å². The van der Waals surface area contributed by atoms with Crippen molar-refractivity contribution in [1.29, 1.82) is 0 Å². The highest BCUT2D eigenvalue weighted by Crippen LogP contribution is 2.46. The van der Waals surface area contributed by atoms with Gasteiger partial charge in [0, 0.05) is 42.4 Å². The van der Waals surface area contributed by atoms with Crippen LogP contribution in [0.1, 0.15) is 20.7 Å². The molecule has 1 atom stereocenters. The first-order valence-electron chi connectivity index (χ1n) is 9.13. The van der Waals surface area contributed by atoms with Gasteiger partial charge in [-0.05, 0) is 0 Å². The highest BCUT2D eigenvalue weighted by Gasteiger charge is 2.58. The lowest BCUT2D eigenvalue weighted by atomic mass is 9.78. The fraction of sp³-hybridized carbons (Fsp3) is 0.250. The molecule has 2 aromatic rings. The molecular weight excluding hydrogens is 392 g/mol. The molecule has 1 aromatic heterocycles. The van der Waals surface area contributed by atoms with Crippen LogP contribution in [-0.2, 0) is 16.1 Å². The van der Waals surface area contributed by atoms with E-state index in [-0.39, 0.29) is 51.7 Å². The number of benzene rings is 1. The van der Waals surface area contributed by atoms with Gasteiger partial charge in [0.05, 0.1) is 23.4 Å². The Balaban J connectivity index is 1.53. The first-order chi connectivity index (χ1) is 14.0. The third-order valence-corrected chi connectivity index (χ3v) is 6.72. The number of amides is 2. The molecule has 2 aliphatic heterocycles. The molecule has 1 N–H and O–H groups in total. The lowest BCUT2D eigenvalue weighted by Crippen LogP contribution is -2.69. The van der Waals surface area contributed by atoms with E-state index in [4.69, 9.17) is 0 Å². The highest BCUT2D eigenvalue weighted by molar-refractivity contribution is 8.04. The molecule has 0 bridgehead atoms. The summed E-state index contributed by atoms with van der Waals surface area (Å²) >= 11 is 1.16. The van der Waals surface area contributed by atoms with Gasteiger partial charge in [0.2, 0.25) is 11.7 Å². The van der Waals surface area contributed by atoms with E-state index in [0.29, 0.717) is 18.7 Å². The van der Waals surface area contributed by atoms with E-state index in [9.17, 15) is 19.2 Å². The molecular formula is C20H16N4O4S. The van der Waals surface area contributed by atoms with Gasteiger partial charge in [-0.25, -0.2) is 4.98 Å². The van der Waals surface area contributed by atoms with Crippen molar-refractivity contribution in [1.82, 2.24) is 19.8 Å². The molecule has 1 spiro atoms. The van der Waals surface area contributed by atoms with E-state index < -0.39 is 5.54 Å². The summed E-state index contributed by atoms with van der Waals surface area (Å²) in [6, 6.07) is 6.59. The van der Waals surface area contributed by atoms with Gasteiger partial charge in [0.25, 0.3) is 5.91 Å². The van der Waals surface area contributed by atoms with Crippen LogP contribution in [0.2, 0.25) is 0 Å². The zero-order valence-corrected chi connectivity index (χ0v) is 16.1. The number of Topliss-reactive ketones (excluding diaryl/α,β-unsaturated/α-hetero) is 2. The molecule has 29 heavy (non-hydrogen) atoms. The van der Waals surface area contributed by atoms with Crippen LogP contribution in [0.15, 0.2) is 53.5 Å². The van der Waals surface area contributed by atoms with Crippen molar-refractivity contribution in [2.75, 3.05) is 18.8 Å². The number of carbonyl (C=O) groups is 4. The van der Waals surface area contributed by atoms with Crippen molar-refractivity contribution in [2.24, 2.45) is 0 Å². The molecule has 3 aliphatic rings. The summed E-state index contributed by atoms with van der Waals surface area (Å²) in [6.07, 6.45) is 5.05. The van der Waals surface area contributed by atoms with Crippen LogP contribution in [0.3, 0.4) is 0 Å². The fourth-order valence-electron chi connectivity index (χ4n) is 4.08. The zero-order chi connectivity index (χ0) is 20.2. The smallest absolute Gasteiger partial charge is 0.254 e. The van der Waals surface area contributed by atoms with Crippen LogP contribution in [0.25, 0.3) is 0 Å². The number of nitrogens with one attached hydrogen (secondary N) is 1. The summed E-state index contributed by atoms with van der Waals surface area (Å²) in [5.74, 6) is -1.20. The first kappa shape index (κ1) is 17.9. The molecule has 1 aromatic carbocycles. The van der Waals surface area contributed by atoms with Crippen LogP contribution >= 0.6 is 11.8 Å². The van der Waals surface area contributed by atoms with Crippen LogP contribution in [0.5, 0.6) is 0 Å². The lowest BCUT2D eigenvalue weighted by Gasteiger charge is -2.41. The molecule has 8 nitrogen and oxygen atoms in total. The first-order valence-corrected chi connectivity index (χ1v) is 10.1. The number of carbonyl (C=O) groups excluding carboxylic acids is 4. The summed E-state index contributed by atoms with van der Waals surface area (Å²) in [4.78, 5) is 57.8. The van der Waals surface area contributed by atoms with Gasteiger partial charge in [-0.2, -0.15) is 0 Å². The quantitative estimate of drug-likeness (QED) is 0.801. The Labute approximate surface area is 170 Å². The second kappa shape index (κ2) is 6.41. The predicted molar refractivity (Wildman–Crippen MR) is 104 cm³/mol. The van der Waals surface area contributed by atoms with E-state index in [1.165, 1.54) is 4.90 Å². The maximum atomic E-state index is 13.4. The number of hydrogen-bond acceptors (Lipinski definition) is 6. The molecule has 1 fully saturated rings. The lowest BCUT2D eigenvalue weighted by molar-refractivity contribution is -0.147. The number of hydrogen-bond donors (Lipinski definition) is 1. The van der Waals surface area contributed by atoms with Crippen molar-refractivity contribution < 1.29 is 19.2 Å². The molecule has 9 heteroatoms. The van der Waals surface area contributed by atoms with Crippen LogP contribution in [0, 0.1) is 0 Å². The minimum Gasteiger partial charge on any atom is -0.336 e. The monoisotopic (exact) mass is 408 g/mol. The number of aromatic nitrogens is 2. The maximum absolute atomic E-state index is 13.4. The summed E-state index contributed by atoms with van der Waals surface area (Å²) in [5, 5.41) is 2.74. The molecule has 2 amide bonds. The van der Waals surface area contributed by atoms with Crippen molar-refractivity contribution in [3.63, 3.8) is 0 Å². The minimum atomic E-state index is -1.50. The van der Waals surface area contributed by atoms with E-state index in [0.717, 1.165) is 11.8 Å². The Morgan fingerprint density at radius 3 is 2.55 bits per heavy atom. The second-order valence-corrected chi connectivity index (χ2v) is 8.16. The Kier molecular flexibility index (Phi) is 3.95. The van der Waals surface area contributed by atoms with Crippen LogP contribution < -0.4 is 5.32 Å². The molecule has 0 radical (unpaired) electrons. The molecule has 0 saturated carbocycles. The van der Waals surface area contributed by atoms with Gasteiger partial charge in [-0.1, -0.05) is 24.3 Å². The SMILES string of the molecule is O=C1CN(CCn2ccnc2)C(=O)C2(CSC3=C2C(=O)c2ccccc2C3=O)N1. The summed E-state index contributed by atoms with van der Waals surface area (Å²) < 4.78 is 1.81. The molecule has 5 rings (SSSR count). The third kappa shape index (κ3) is 2.57. The Morgan fingerprint density at radius 2 is 1.83 bits per heavy atom. The van der Waals surface area contributed by atoms with Gasteiger partial charge in [0.1, 0.15) is 0 Å². The topological polar surface area (TPSA) is 101 Å². The Hall–Kier alpha value is -3.20. The van der Waals surface area contributed by atoms with Gasteiger partial charge in [0.15, 0.2) is 11.3 Å². The summed E-state index contributed by atoms with van der Waals surface area (Å²) in [5.41, 5.74) is -0.773. The average molecular weight is 408 g/mol. The number of fused-ring (bicyclic) bond motifs is 2. The van der Waals surface area contributed by atoms with Crippen LogP contribution in [0.4, 0.5) is 0 Å². The average Bonchev–Trinajstić information content (AvgIpc) is 3.37. The second-order valence-electron chi connectivity index (χ2n) is 7.18. The van der Waals surface area contributed by atoms with Gasteiger partial charge in [-0.15, -0.1) is 11.8 Å². The number of thioether (sulfide) groups is 1. The van der Waals surface area contributed by atoms with Gasteiger partial charge < -0.3 is 14.8 Å². The normalized spacial score (nSPS) is 23.5. The molecule has 3 heterocycles. The molecule has 146 valence electrons. The minimum absolute atomic E-state index is 0.0821. The number of rotatable bonds is 3. The number of ketones is 2. The number of nitrogens with zero attached hydrogens (tertiary/aromatic N) is 3. The molecule has 1 saturated heterocycles. The number of imidazole rings is 1. The third-order valence-electron chi connectivity index (χ3n) is 5.46. The van der Waals surface area contributed by atoms with Crippen molar-refractivity contribution in [2.45, 2.75) is 12.1 Å². The van der Waals surface area contributed by atoms with Crippen molar-refractivity contribution in [3.8, 4) is 0 Å². The van der Waals surface area contributed by atoms with Crippen LogP contribution in [-0.4, -0.2) is 62.2 Å². The van der Waals surface area contributed by atoms with E-state index in [2.05, 4.69) is 10.3 Å². The Bertz CT molecular complexity index is 1110. The summed E-state index contributed by atoms with van der Waals surface area (Å²) in [7, 11) is 0. The fourth-order valence-corrected chi connectivity index (χ4v) is 5.43. The largest absolute Gasteiger partial charge is 0.336 e. The number of piperazine rings is 1.